The van der Waals surface area contributed by atoms with Gasteiger partial charge in [-0.15, -0.1) is 0 Å². The van der Waals surface area contributed by atoms with E-state index in [1.54, 1.807) is 0 Å². The van der Waals surface area contributed by atoms with Crippen LogP contribution in [0, 0.1) is 5.92 Å². The third-order valence-electron chi connectivity index (χ3n) is 1.73. The number of allylic oxidation sites excluding steroid dienone is 4. The summed E-state index contributed by atoms with van der Waals surface area (Å²) in [6, 6.07) is 0. The van der Waals surface area contributed by atoms with Gasteiger partial charge in [0.15, 0.2) is 11.7 Å². The molecule has 0 aromatic rings. The maximum atomic E-state index is 12.4. The van der Waals surface area contributed by atoms with Crippen molar-refractivity contribution in [2.24, 2.45) is 5.92 Å². The second kappa shape index (κ2) is 2.95. The Hall–Kier alpha value is -0.660. The third kappa shape index (κ3) is 1.43. The predicted octanol–water partition coefficient (Wildman–Crippen LogP) is 3.12. The van der Waals surface area contributed by atoms with Crippen LogP contribution >= 0.6 is 0 Å². The van der Waals surface area contributed by atoms with Gasteiger partial charge in [-0.1, -0.05) is 6.92 Å². The van der Waals surface area contributed by atoms with Crippen molar-refractivity contribution in [1.82, 2.24) is 0 Å². The van der Waals surface area contributed by atoms with Crippen molar-refractivity contribution in [2.75, 3.05) is 0 Å². The topological polar surface area (TPSA) is 0 Å². The zero-order chi connectivity index (χ0) is 7.56. The van der Waals surface area contributed by atoms with Gasteiger partial charge < -0.3 is 0 Å². The highest BCUT2D eigenvalue weighted by Crippen LogP contribution is 2.26. The van der Waals surface area contributed by atoms with Crippen molar-refractivity contribution in [2.45, 2.75) is 19.8 Å². The summed E-state index contributed by atoms with van der Waals surface area (Å²) in [5.74, 6) is -1.21. The largest absolute Gasteiger partial charge is 0.204 e. The van der Waals surface area contributed by atoms with Gasteiger partial charge in [-0.25, -0.2) is 8.78 Å². The molecule has 2 heteroatoms. The Kier molecular flexibility index (Phi) is 2.20. The van der Waals surface area contributed by atoms with E-state index in [2.05, 4.69) is 0 Å². The summed E-state index contributed by atoms with van der Waals surface area (Å²) in [6.07, 6.45) is 4.17. The van der Waals surface area contributed by atoms with Crippen LogP contribution in [0.4, 0.5) is 8.78 Å². The number of halogens is 2. The molecule has 1 aliphatic rings. The SMILES string of the molecule is CCC1C=C(F)C(F)=CC1. The summed E-state index contributed by atoms with van der Waals surface area (Å²) in [4.78, 5) is 0. The summed E-state index contributed by atoms with van der Waals surface area (Å²) >= 11 is 0. The van der Waals surface area contributed by atoms with Crippen LogP contribution in [-0.4, -0.2) is 0 Å². The highest BCUT2D eigenvalue weighted by molar-refractivity contribution is 5.23. The van der Waals surface area contributed by atoms with Crippen LogP contribution in [0.3, 0.4) is 0 Å². The fourth-order valence-electron chi connectivity index (χ4n) is 0.991. The van der Waals surface area contributed by atoms with E-state index in [1.165, 1.54) is 12.2 Å². The molecule has 0 amide bonds. The molecule has 0 aromatic carbocycles. The quantitative estimate of drug-likeness (QED) is 0.530. The van der Waals surface area contributed by atoms with E-state index in [-0.39, 0.29) is 5.92 Å². The Labute approximate surface area is 59.2 Å². The van der Waals surface area contributed by atoms with Crippen LogP contribution in [0.15, 0.2) is 23.8 Å². The molecular formula is C8H10F2. The fraction of sp³-hybridized carbons (Fsp3) is 0.500. The van der Waals surface area contributed by atoms with Gasteiger partial charge in [0.2, 0.25) is 0 Å². The van der Waals surface area contributed by atoms with Crippen LogP contribution in [-0.2, 0) is 0 Å². The summed E-state index contributed by atoms with van der Waals surface area (Å²) in [6.45, 7) is 1.96. The molecule has 10 heavy (non-hydrogen) atoms. The summed E-state index contributed by atoms with van der Waals surface area (Å²) < 4.78 is 24.7. The van der Waals surface area contributed by atoms with Gasteiger partial charge in [-0.3, -0.25) is 0 Å². The van der Waals surface area contributed by atoms with Crippen LogP contribution < -0.4 is 0 Å². The molecule has 0 aromatic heterocycles. The smallest absolute Gasteiger partial charge is 0.154 e. The minimum atomic E-state index is -0.704. The summed E-state index contributed by atoms with van der Waals surface area (Å²) in [7, 11) is 0. The second-order valence-corrected chi connectivity index (χ2v) is 2.47. The number of rotatable bonds is 1. The predicted molar refractivity (Wildman–Crippen MR) is 36.8 cm³/mol. The van der Waals surface area contributed by atoms with E-state index in [0.717, 1.165) is 6.42 Å². The lowest BCUT2D eigenvalue weighted by atomic mass is 9.97. The third-order valence-corrected chi connectivity index (χ3v) is 1.73. The first kappa shape index (κ1) is 7.45. The van der Waals surface area contributed by atoms with Crippen molar-refractivity contribution in [3.8, 4) is 0 Å². The molecular weight excluding hydrogens is 134 g/mol. The van der Waals surface area contributed by atoms with E-state index in [4.69, 9.17) is 0 Å². The van der Waals surface area contributed by atoms with E-state index in [0.29, 0.717) is 6.42 Å². The molecule has 0 aliphatic heterocycles. The van der Waals surface area contributed by atoms with Crippen molar-refractivity contribution in [3.63, 3.8) is 0 Å². The molecule has 1 aliphatic carbocycles. The van der Waals surface area contributed by atoms with Crippen molar-refractivity contribution in [1.29, 1.82) is 0 Å². The van der Waals surface area contributed by atoms with Crippen LogP contribution in [0.2, 0.25) is 0 Å². The average molecular weight is 144 g/mol. The van der Waals surface area contributed by atoms with Gasteiger partial charge in [0.25, 0.3) is 0 Å². The van der Waals surface area contributed by atoms with Crippen LogP contribution in [0.5, 0.6) is 0 Å². The maximum Gasteiger partial charge on any atom is 0.154 e. The highest BCUT2D eigenvalue weighted by atomic mass is 19.2. The lowest BCUT2D eigenvalue weighted by Crippen LogP contribution is -1.98. The molecule has 0 heterocycles. The van der Waals surface area contributed by atoms with E-state index < -0.39 is 11.7 Å². The molecule has 0 N–H and O–H groups in total. The molecule has 1 atom stereocenters. The van der Waals surface area contributed by atoms with Gasteiger partial charge in [0.05, 0.1) is 0 Å². The van der Waals surface area contributed by atoms with E-state index in [1.807, 2.05) is 6.92 Å². The molecule has 0 saturated heterocycles. The molecule has 1 rings (SSSR count). The van der Waals surface area contributed by atoms with Gasteiger partial charge >= 0.3 is 0 Å². The monoisotopic (exact) mass is 144 g/mol. The van der Waals surface area contributed by atoms with Gasteiger partial charge in [-0.05, 0) is 30.9 Å². The standard InChI is InChI=1S/C8H10F2/c1-2-6-3-4-7(9)8(10)5-6/h4-6H,2-3H2,1H3. The number of hydrogen-bond acceptors (Lipinski definition) is 0. The van der Waals surface area contributed by atoms with Crippen LogP contribution in [0.25, 0.3) is 0 Å². The Morgan fingerprint density at radius 1 is 1.50 bits per heavy atom. The number of hydrogen-bond donors (Lipinski definition) is 0. The first-order valence-electron chi connectivity index (χ1n) is 3.47. The molecule has 1 unspecified atom stereocenters. The Balaban J connectivity index is 2.66. The summed E-state index contributed by atoms with van der Waals surface area (Å²) in [5.41, 5.74) is 0. The molecule has 0 nitrogen and oxygen atoms in total. The molecule has 0 bridgehead atoms. The zero-order valence-electron chi connectivity index (χ0n) is 5.90. The molecule has 0 fully saturated rings. The fourth-order valence-corrected chi connectivity index (χ4v) is 0.991. The van der Waals surface area contributed by atoms with E-state index >= 15 is 0 Å². The van der Waals surface area contributed by atoms with Gasteiger partial charge in [0.1, 0.15) is 0 Å². The lowest BCUT2D eigenvalue weighted by Gasteiger charge is -2.11. The molecule has 0 saturated carbocycles. The highest BCUT2D eigenvalue weighted by Gasteiger charge is 2.13. The maximum absolute atomic E-state index is 12.4. The van der Waals surface area contributed by atoms with Gasteiger partial charge in [-0.2, -0.15) is 0 Å². The Morgan fingerprint density at radius 2 is 2.20 bits per heavy atom. The summed E-state index contributed by atoms with van der Waals surface area (Å²) in [5, 5.41) is 0. The lowest BCUT2D eigenvalue weighted by molar-refractivity contribution is 0.496. The normalized spacial score (nSPS) is 25.7. The average Bonchev–Trinajstić information content (AvgIpc) is 1.95. The Morgan fingerprint density at radius 3 is 2.70 bits per heavy atom. The van der Waals surface area contributed by atoms with Crippen molar-refractivity contribution >= 4 is 0 Å². The zero-order valence-corrected chi connectivity index (χ0v) is 5.90. The molecule has 56 valence electrons. The first-order chi connectivity index (χ1) is 4.74. The van der Waals surface area contributed by atoms with Crippen molar-refractivity contribution < 1.29 is 8.78 Å². The minimum absolute atomic E-state index is 0.194. The minimum Gasteiger partial charge on any atom is -0.204 e. The Bertz CT molecular complexity index is 180. The van der Waals surface area contributed by atoms with Crippen molar-refractivity contribution in [3.05, 3.63) is 23.8 Å². The first-order valence-corrected chi connectivity index (χ1v) is 3.47. The molecule has 0 spiro atoms. The second-order valence-electron chi connectivity index (χ2n) is 2.47. The van der Waals surface area contributed by atoms with E-state index in [9.17, 15) is 8.78 Å². The van der Waals surface area contributed by atoms with Gasteiger partial charge in [0, 0.05) is 0 Å². The van der Waals surface area contributed by atoms with Crippen LogP contribution in [0.1, 0.15) is 19.8 Å². The molecule has 0 radical (unpaired) electrons.